The molecule has 88 valence electrons. The third kappa shape index (κ3) is 2.77. The van der Waals surface area contributed by atoms with E-state index in [0.717, 1.165) is 18.7 Å². The average Bonchev–Trinajstić information content (AvgIpc) is 3.02. The van der Waals surface area contributed by atoms with Crippen molar-refractivity contribution in [3.63, 3.8) is 0 Å². The highest BCUT2D eigenvalue weighted by Crippen LogP contribution is 2.46. The molecule has 3 heteroatoms. The van der Waals surface area contributed by atoms with Crippen LogP contribution in [0.4, 0.5) is 4.39 Å². The van der Waals surface area contributed by atoms with Gasteiger partial charge in [0.05, 0.1) is 0 Å². The van der Waals surface area contributed by atoms with Gasteiger partial charge in [0.25, 0.3) is 0 Å². The van der Waals surface area contributed by atoms with Gasteiger partial charge >= 0.3 is 0 Å². The van der Waals surface area contributed by atoms with E-state index in [-0.39, 0.29) is 5.82 Å². The first-order valence-electron chi connectivity index (χ1n) is 5.66. The molecule has 1 N–H and O–H groups in total. The first-order valence-corrected chi connectivity index (χ1v) is 6.89. The summed E-state index contributed by atoms with van der Waals surface area (Å²) in [4.78, 5) is 0. The number of hydrogen-bond donors (Lipinski definition) is 1. The quantitative estimate of drug-likeness (QED) is 0.847. The van der Waals surface area contributed by atoms with E-state index < -0.39 is 0 Å². The van der Waals surface area contributed by atoms with E-state index in [9.17, 15) is 4.39 Å². The van der Waals surface area contributed by atoms with Crippen LogP contribution in [0, 0.1) is 12.7 Å². The number of nitrogens with one attached hydrogen (secondary N) is 1. The van der Waals surface area contributed by atoms with Crippen LogP contribution in [0.25, 0.3) is 0 Å². The average molecular weight is 239 g/mol. The zero-order valence-corrected chi connectivity index (χ0v) is 10.7. The van der Waals surface area contributed by atoms with Crippen molar-refractivity contribution in [2.45, 2.75) is 31.1 Å². The molecule has 0 amide bonds. The molecule has 1 aliphatic carbocycles. The molecule has 0 bridgehead atoms. The molecule has 1 aliphatic rings. The molecule has 1 saturated carbocycles. The molecule has 1 fully saturated rings. The van der Waals surface area contributed by atoms with Crippen molar-refractivity contribution >= 4 is 11.8 Å². The lowest BCUT2D eigenvalue weighted by atomic mass is 10.1. The number of halogens is 1. The van der Waals surface area contributed by atoms with Gasteiger partial charge in [0.15, 0.2) is 0 Å². The van der Waals surface area contributed by atoms with Gasteiger partial charge in [0.1, 0.15) is 5.82 Å². The zero-order valence-electron chi connectivity index (χ0n) is 9.85. The normalized spacial score (nSPS) is 17.4. The first kappa shape index (κ1) is 11.9. The second-order valence-electron chi connectivity index (χ2n) is 4.56. The van der Waals surface area contributed by atoms with Crippen LogP contribution < -0.4 is 5.32 Å². The van der Waals surface area contributed by atoms with Crippen molar-refractivity contribution in [2.24, 2.45) is 0 Å². The highest BCUT2D eigenvalue weighted by atomic mass is 32.2. The van der Waals surface area contributed by atoms with Gasteiger partial charge in [0, 0.05) is 17.8 Å². The maximum absolute atomic E-state index is 12.9. The number of thioether (sulfide) groups is 1. The van der Waals surface area contributed by atoms with Gasteiger partial charge in [-0.15, -0.1) is 0 Å². The molecule has 0 aliphatic heterocycles. The monoisotopic (exact) mass is 239 g/mol. The molecule has 1 aromatic carbocycles. The predicted molar refractivity (Wildman–Crippen MR) is 68.3 cm³/mol. The predicted octanol–water partition coefficient (Wildman–Crippen LogP) is 3.12. The van der Waals surface area contributed by atoms with Crippen molar-refractivity contribution in [3.8, 4) is 0 Å². The summed E-state index contributed by atoms with van der Waals surface area (Å²) in [5.41, 5.74) is 2.22. The van der Waals surface area contributed by atoms with Crippen molar-refractivity contribution in [1.29, 1.82) is 0 Å². The van der Waals surface area contributed by atoms with Gasteiger partial charge in [-0.25, -0.2) is 4.39 Å². The van der Waals surface area contributed by atoms with Crippen molar-refractivity contribution in [1.82, 2.24) is 5.32 Å². The van der Waals surface area contributed by atoms with Gasteiger partial charge in [0.2, 0.25) is 0 Å². The summed E-state index contributed by atoms with van der Waals surface area (Å²) in [5, 5.41) is 3.47. The molecule has 16 heavy (non-hydrogen) atoms. The Kier molecular flexibility index (Phi) is 3.55. The molecule has 2 rings (SSSR count). The second-order valence-corrected chi connectivity index (χ2v) is 5.84. The summed E-state index contributed by atoms with van der Waals surface area (Å²) in [6.07, 6.45) is 4.82. The third-order valence-corrected chi connectivity index (χ3v) is 4.73. The number of rotatable bonds is 5. The van der Waals surface area contributed by atoms with Gasteiger partial charge in [-0.1, -0.05) is 6.07 Å². The summed E-state index contributed by atoms with van der Waals surface area (Å²) in [6.45, 7) is 3.86. The summed E-state index contributed by atoms with van der Waals surface area (Å²) in [7, 11) is 0. The van der Waals surface area contributed by atoms with Crippen LogP contribution in [0.1, 0.15) is 24.0 Å². The van der Waals surface area contributed by atoms with Crippen molar-refractivity contribution < 1.29 is 4.39 Å². The number of aryl methyl sites for hydroxylation is 1. The van der Waals surface area contributed by atoms with E-state index in [1.165, 1.54) is 24.5 Å². The Hall–Kier alpha value is -0.540. The molecule has 0 saturated heterocycles. The lowest BCUT2D eigenvalue weighted by molar-refractivity contribution is 0.621. The van der Waals surface area contributed by atoms with Crippen LogP contribution in [0.2, 0.25) is 0 Å². The maximum atomic E-state index is 12.9. The summed E-state index contributed by atoms with van der Waals surface area (Å²) in [5.74, 6) is -0.149. The van der Waals surface area contributed by atoms with Gasteiger partial charge in [-0.3, -0.25) is 0 Å². The second kappa shape index (κ2) is 4.76. The molecule has 0 unspecified atom stereocenters. The topological polar surface area (TPSA) is 12.0 Å². The fourth-order valence-corrected chi connectivity index (χ4v) is 2.63. The summed E-state index contributed by atoms with van der Waals surface area (Å²) >= 11 is 1.96. The van der Waals surface area contributed by atoms with Crippen molar-refractivity contribution in [3.05, 3.63) is 35.1 Å². The maximum Gasteiger partial charge on any atom is 0.123 e. The molecule has 0 atom stereocenters. The largest absolute Gasteiger partial charge is 0.311 e. The molecular weight excluding hydrogens is 221 g/mol. The van der Waals surface area contributed by atoms with Crippen molar-refractivity contribution in [2.75, 3.05) is 12.8 Å². The van der Waals surface area contributed by atoms with E-state index in [0.29, 0.717) is 4.75 Å². The molecule has 0 heterocycles. The van der Waals surface area contributed by atoms with Crippen LogP contribution in [-0.2, 0) is 6.54 Å². The third-order valence-electron chi connectivity index (χ3n) is 3.31. The fourth-order valence-electron chi connectivity index (χ4n) is 1.88. The molecule has 1 nitrogen and oxygen atoms in total. The Bertz CT molecular complexity index is 374. The lowest BCUT2D eigenvalue weighted by Crippen LogP contribution is -2.25. The van der Waals surface area contributed by atoms with Crippen LogP contribution >= 0.6 is 11.8 Å². The minimum atomic E-state index is -0.149. The van der Waals surface area contributed by atoms with E-state index in [4.69, 9.17) is 0 Å². The highest BCUT2D eigenvalue weighted by Gasteiger charge is 2.41. The molecule has 1 aromatic rings. The minimum absolute atomic E-state index is 0.149. The Morgan fingerprint density at radius 2 is 2.19 bits per heavy atom. The Morgan fingerprint density at radius 3 is 2.75 bits per heavy atom. The first-order chi connectivity index (χ1) is 7.65. The van der Waals surface area contributed by atoms with E-state index in [2.05, 4.69) is 11.6 Å². The smallest absolute Gasteiger partial charge is 0.123 e. The fraction of sp³-hybridized carbons (Fsp3) is 0.538. The van der Waals surface area contributed by atoms with E-state index >= 15 is 0 Å². The highest BCUT2D eigenvalue weighted by molar-refractivity contribution is 8.00. The van der Waals surface area contributed by atoms with Gasteiger partial charge < -0.3 is 5.32 Å². The molecule has 0 spiro atoms. The van der Waals surface area contributed by atoms with Crippen LogP contribution in [0.5, 0.6) is 0 Å². The number of benzene rings is 1. The Labute approximate surface area is 101 Å². The van der Waals surface area contributed by atoms with E-state index in [1.54, 1.807) is 6.07 Å². The molecule has 0 aromatic heterocycles. The standard InChI is InChI=1S/C13H18FNS/c1-10-7-12(14)4-3-11(10)8-15-9-13(16-2)5-6-13/h3-4,7,15H,5-6,8-9H2,1-2H3. The lowest BCUT2D eigenvalue weighted by Gasteiger charge is -2.14. The zero-order chi connectivity index (χ0) is 11.6. The summed E-state index contributed by atoms with van der Waals surface area (Å²) < 4.78 is 13.4. The van der Waals surface area contributed by atoms with Crippen LogP contribution in [0.3, 0.4) is 0 Å². The van der Waals surface area contributed by atoms with Crippen LogP contribution in [-0.4, -0.2) is 17.5 Å². The minimum Gasteiger partial charge on any atom is -0.311 e. The Balaban J connectivity index is 1.85. The van der Waals surface area contributed by atoms with Crippen LogP contribution in [0.15, 0.2) is 18.2 Å². The Morgan fingerprint density at radius 1 is 1.44 bits per heavy atom. The number of hydrogen-bond acceptors (Lipinski definition) is 2. The van der Waals surface area contributed by atoms with E-state index in [1.807, 2.05) is 24.8 Å². The van der Waals surface area contributed by atoms with Gasteiger partial charge in [-0.2, -0.15) is 11.8 Å². The van der Waals surface area contributed by atoms with Gasteiger partial charge in [-0.05, 0) is 49.3 Å². The molecule has 0 radical (unpaired) electrons. The molecular formula is C13H18FNS. The summed E-state index contributed by atoms with van der Waals surface area (Å²) in [6, 6.07) is 5.00. The SMILES string of the molecule is CSC1(CNCc2ccc(F)cc2C)CC1.